The van der Waals surface area contributed by atoms with Crippen LogP contribution >= 0.6 is 0 Å². The van der Waals surface area contributed by atoms with Crippen LogP contribution < -0.4 is 11.1 Å². The summed E-state index contributed by atoms with van der Waals surface area (Å²) in [6, 6.07) is 0. The van der Waals surface area contributed by atoms with E-state index in [0.717, 1.165) is 37.6 Å². The van der Waals surface area contributed by atoms with Crippen LogP contribution in [0.4, 0.5) is 0 Å². The molecule has 0 atom stereocenters. The standard InChI is InChI=1S/C42H86N2O3.C2H6/c1-6-8-10-12-14-16-18-20-22-24-26-28-31-40(32-29-27-25-23-21-19-17-15-13-11-9-7-2)37-44-38-41(43)39-46-34-30-35-47-42(3,4)33-36-45-5;1-2/h38,40,44H,6-37,39,43H2,1-5H3;1-2H3/b41-38-;. The van der Waals surface area contributed by atoms with Crippen LogP contribution in [0.3, 0.4) is 0 Å². The third-order valence-corrected chi connectivity index (χ3v) is 9.73. The van der Waals surface area contributed by atoms with Crippen molar-refractivity contribution in [2.75, 3.05) is 40.1 Å². The van der Waals surface area contributed by atoms with E-state index in [2.05, 4.69) is 33.0 Å². The van der Waals surface area contributed by atoms with E-state index >= 15 is 0 Å². The molecular formula is C44H92N2O3. The number of hydrogen-bond donors (Lipinski definition) is 2. The summed E-state index contributed by atoms with van der Waals surface area (Å²) in [6.45, 7) is 16.4. The van der Waals surface area contributed by atoms with Gasteiger partial charge in [-0.25, -0.2) is 0 Å². The fourth-order valence-electron chi connectivity index (χ4n) is 6.41. The molecule has 0 aromatic rings. The van der Waals surface area contributed by atoms with Gasteiger partial charge in [-0.05, 0) is 45.4 Å². The van der Waals surface area contributed by atoms with Crippen LogP contribution in [0.1, 0.15) is 221 Å². The largest absolute Gasteiger partial charge is 0.399 e. The topological polar surface area (TPSA) is 65.7 Å². The molecule has 0 amide bonds. The van der Waals surface area contributed by atoms with Crippen molar-refractivity contribution < 1.29 is 14.2 Å². The zero-order valence-electron chi connectivity index (χ0n) is 34.8. The molecule has 0 unspecified atom stereocenters. The first-order chi connectivity index (χ1) is 23.9. The minimum absolute atomic E-state index is 0.157. The van der Waals surface area contributed by atoms with Gasteiger partial charge in [-0.15, -0.1) is 0 Å². The molecule has 0 heterocycles. The predicted octanol–water partition coefficient (Wildman–Crippen LogP) is 13.4. The average molecular weight is 697 g/mol. The van der Waals surface area contributed by atoms with Gasteiger partial charge in [-0.3, -0.25) is 0 Å². The lowest BCUT2D eigenvalue weighted by atomic mass is 9.94. The van der Waals surface area contributed by atoms with E-state index in [0.29, 0.717) is 19.8 Å². The summed E-state index contributed by atoms with van der Waals surface area (Å²) in [5.41, 5.74) is 6.89. The summed E-state index contributed by atoms with van der Waals surface area (Å²) >= 11 is 0. The quantitative estimate of drug-likeness (QED) is 0.0626. The number of hydrogen-bond acceptors (Lipinski definition) is 5. The first-order valence-electron chi connectivity index (χ1n) is 21.8. The van der Waals surface area contributed by atoms with Crippen molar-refractivity contribution in [1.29, 1.82) is 0 Å². The second-order valence-electron chi connectivity index (χ2n) is 15.1. The van der Waals surface area contributed by atoms with Gasteiger partial charge in [0.2, 0.25) is 0 Å². The molecule has 0 bridgehead atoms. The first kappa shape index (κ1) is 50.3. The Morgan fingerprint density at radius 2 is 1.00 bits per heavy atom. The molecule has 0 rings (SSSR count). The molecule has 0 aliphatic heterocycles. The number of nitrogens with two attached hydrogens (primary N) is 1. The van der Waals surface area contributed by atoms with E-state index in [1.165, 1.54) is 167 Å². The molecule has 0 aromatic heterocycles. The number of nitrogens with one attached hydrogen (secondary N) is 1. The Bertz CT molecular complexity index is 612. The second-order valence-corrected chi connectivity index (χ2v) is 15.1. The van der Waals surface area contributed by atoms with E-state index in [1.807, 2.05) is 20.0 Å². The van der Waals surface area contributed by atoms with Gasteiger partial charge in [0, 0.05) is 39.7 Å². The lowest BCUT2D eigenvalue weighted by Crippen LogP contribution is -2.27. The van der Waals surface area contributed by atoms with Gasteiger partial charge in [-0.1, -0.05) is 182 Å². The molecule has 0 saturated heterocycles. The Kier molecular flexibility index (Phi) is 42.8. The second kappa shape index (κ2) is 41.6. The zero-order chi connectivity index (χ0) is 36.5. The fraction of sp³-hybridized carbons (Fsp3) is 0.955. The molecule has 0 spiro atoms. The molecule has 0 aliphatic rings. The number of methoxy groups -OCH3 is 1. The Balaban J connectivity index is 0. The SMILES string of the molecule is CC.CCCCCCCCCCCCCCC(CCCCCCCCCCCCCC)CN/C=C(\N)COCCCOC(C)(C)CCOC. The first-order valence-corrected chi connectivity index (χ1v) is 21.8. The highest BCUT2D eigenvalue weighted by atomic mass is 16.5. The van der Waals surface area contributed by atoms with Crippen molar-refractivity contribution in [2.45, 2.75) is 227 Å². The van der Waals surface area contributed by atoms with Crippen molar-refractivity contribution in [3.63, 3.8) is 0 Å². The van der Waals surface area contributed by atoms with Crippen LogP contribution in [-0.4, -0.2) is 45.7 Å². The van der Waals surface area contributed by atoms with Gasteiger partial charge in [0.15, 0.2) is 0 Å². The molecule has 5 nitrogen and oxygen atoms in total. The molecule has 0 aromatic carbocycles. The summed E-state index contributed by atoms with van der Waals surface area (Å²) in [5, 5.41) is 3.56. The predicted molar refractivity (Wildman–Crippen MR) is 218 cm³/mol. The molecule has 3 N–H and O–H groups in total. The number of ether oxygens (including phenoxy) is 3. The Labute approximate surface area is 309 Å². The molecule has 5 heteroatoms. The summed E-state index contributed by atoms with van der Waals surface area (Å²) in [6.07, 6.45) is 40.5. The molecule has 0 saturated carbocycles. The van der Waals surface area contributed by atoms with Crippen molar-refractivity contribution in [3.05, 3.63) is 11.9 Å². The molecular weight excluding hydrogens is 604 g/mol. The number of unbranched alkanes of at least 4 members (excludes halogenated alkanes) is 22. The molecule has 296 valence electrons. The molecule has 0 aliphatic carbocycles. The van der Waals surface area contributed by atoms with Crippen molar-refractivity contribution in [3.8, 4) is 0 Å². The minimum Gasteiger partial charge on any atom is -0.399 e. The third-order valence-electron chi connectivity index (χ3n) is 9.73. The van der Waals surface area contributed by atoms with Gasteiger partial charge in [-0.2, -0.15) is 0 Å². The minimum atomic E-state index is -0.157. The lowest BCUT2D eigenvalue weighted by molar-refractivity contribution is -0.0430. The summed E-state index contributed by atoms with van der Waals surface area (Å²) in [5.74, 6) is 0.741. The molecule has 49 heavy (non-hydrogen) atoms. The van der Waals surface area contributed by atoms with E-state index < -0.39 is 0 Å². The van der Waals surface area contributed by atoms with Crippen molar-refractivity contribution >= 4 is 0 Å². The monoisotopic (exact) mass is 697 g/mol. The maximum Gasteiger partial charge on any atom is 0.0875 e. The zero-order valence-corrected chi connectivity index (χ0v) is 34.8. The van der Waals surface area contributed by atoms with Gasteiger partial charge in [0.1, 0.15) is 0 Å². The highest BCUT2D eigenvalue weighted by Crippen LogP contribution is 2.20. The molecule has 0 fully saturated rings. The van der Waals surface area contributed by atoms with E-state index in [4.69, 9.17) is 19.9 Å². The van der Waals surface area contributed by atoms with Crippen LogP contribution in [0.15, 0.2) is 11.9 Å². The summed E-state index contributed by atoms with van der Waals surface area (Å²) in [7, 11) is 1.73. The van der Waals surface area contributed by atoms with Crippen LogP contribution in [0.5, 0.6) is 0 Å². The van der Waals surface area contributed by atoms with Crippen LogP contribution in [0.25, 0.3) is 0 Å². The maximum absolute atomic E-state index is 6.27. The van der Waals surface area contributed by atoms with Gasteiger partial charge < -0.3 is 25.3 Å². The van der Waals surface area contributed by atoms with Gasteiger partial charge >= 0.3 is 0 Å². The normalized spacial score (nSPS) is 12.0. The van der Waals surface area contributed by atoms with Crippen LogP contribution in [0.2, 0.25) is 0 Å². The highest BCUT2D eigenvalue weighted by molar-refractivity contribution is 4.95. The average Bonchev–Trinajstić information content (AvgIpc) is 3.10. The van der Waals surface area contributed by atoms with E-state index in [-0.39, 0.29) is 5.60 Å². The lowest BCUT2D eigenvalue weighted by Gasteiger charge is -2.25. The smallest absolute Gasteiger partial charge is 0.0875 e. The maximum atomic E-state index is 6.27. The van der Waals surface area contributed by atoms with Gasteiger partial charge in [0.25, 0.3) is 0 Å². The highest BCUT2D eigenvalue weighted by Gasteiger charge is 2.17. The van der Waals surface area contributed by atoms with Crippen LogP contribution in [-0.2, 0) is 14.2 Å². The summed E-state index contributed by atoms with van der Waals surface area (Å²) < 4.78 is 17.0. The summed E-state index contributed by atoms with van der Waals surface area (Å²) in [4.78, 5) is 0. The van der Waals surface area contributed by atoms with Crippen molar-refractivity contribution in [1.82, 2.24) is 5.32 Å². The van der Waals surface area contributed by atoms with Gasteiger partial charge in [0.05, 0.1) is 17.9 Å². The fourth-order valence-corrected chi connectivity index (χ4v) is 6.41. The number of rotatable bonds is 39. The van der Waals surface area contributed by atoms with Crippen LogP contribution in [0, 0.1) is 5.92 Å². The Hall–Kier alpha value is -0.780. The Morgan fingerprint density at radius 3 is 1.41 bits per heavy atom. The van der Waals surface area contributed by atoms with E-state index in [9.17, 15) is 0 Å². The van der Waals surface area contributed by atoms with E-state index in [1.54, 1.807) is 7.11 Å². The Morgan fingerprint density at radius 1 is 0.592 bits per heavy atom. The van der Waals surface area contributed by atoms with Crippen molar-refractivity contribution in [2.24, 2.45) is 11.7 Å². The molecule has 0 radical (unpaired) electrons. The third kappa shape index (κ3) is 41.5.